The van der Waals surface area contributed by atoms with Gasteiger partial charge in [-0.15, -0.1) is 0 Å². The Morgan fingerprint density at radius 2 is 2.21 bits per heavy atom. The van der Waals surface area contributed by atoms with Crippen LogP contribution in [0, 0.1) is 13.8 Å². The molecule has 0 bridgehead atoms. The van der Waals surface area contributed by atoms with Gasteiger partial charge in [-0.25, -0.2) is 5.90 Å². The minimum atomic E-state index is -0.251. The predicted molar refractivity (Wildman–Crippen MR) is 54.7 cm³/mol. The monoisotopic (exact) mass is 194 g/mol. The van der Waals surface area contributed by atoms with E-state index in [2.05, 4.69) is 10.2 Å². The molecule has 0 aliphatic carbocycles. The van der Waals surface area contributed by atoms with Gasteiger partial charge in [0.15, 0.2) is 0 Å². The molecular weight excluding hydrogens is 180 g/mol. The number of benzene rings is 1. The smallest absolute Gasteiger partial charge is 0.252 e. The minimum absolute atomic E-state index is 0.132. The molecule has 0 aromatic heterocycles. The van der Waals surface area contributed by atoms with E-state index in [1.807, 2.05) is 32.0 Å². The van der Waals surface area contributed by atoms with Crippen LogP contribution in [0.15, 0.2) is 18.2 Å². The minimum Gasteiger partial charge on any atom is -0.324 e. The van der Waals surface area contributed by atoms with Crippen molar-refractivity contribution in [3.63, 3.8) is 0 Å². The molecular formula is C10H14N2O2. The summed E-state index contributed by atoms with van der Waals surface area (Å²) >= 11 is 0. The molecule has 0 atom stereocenters. The molecule has 0 unspecified atom stereocenters. The fourth-order valence-electron chi connectivity index (χ4n) is 1.22. The van der Waals surface area contributed by atoms with Crippen molar-refractivity contribution in [2.24, 2.45) is 5.90 Å². The maximum atomic E-state index is 11.1. The summed E-state index contributed by atoms with van der Waals surface area (Å²) in [7, 11) is 0. The Morgan fingerprint density at radius 3 is 2.79 bits per heavy atom. The zero-order chi connectivity index (χ0) is 10.6. The average Bonchev–Trinajstić information content (AvgIpc) is 2.10. The van der Waals surface area contributed by atoms with E-state index in [1.54, 1.807) is 0 Å². The van der Waals surface area contributed by atoms with Crippen molar-refractivity contribution < 1.29 is 9.63 Å². The van der Waals surface area contributed by atoms with E-state index in [9.17, 15) is 4.79 Å². The van der Waals surface area contributed by atoms with Crippen molar-refractivity contribution in [1.82, 2.24) is 0 Å². The van der Waals surface area contributed by atoms with E-state index >= 15 is 0 Å². The third-order valence-electron chi connectivity index (χ3n) is 1.87. The summed E-state index contributed by atoms with van der Waals surface area (Å²) in [5, 5.41) is 2.69. The van der Waals surface area contributed by atoms with Crippen molar-refractivity contribution >= 4 is 11.6 Å². The number of nitrogens with two attached hydrogens (primary N) is 1. The molecule has 4 heteroatoms. The molecule has 1 rings (SSSR count). The van der Waals surface area contributed by atoms with Crippen LogP contribution in [-0.2, 0) is 9.63 Å². The third-order valence-corrected chi connectivity index (χ3v) is 1.87. The van der Waals surface area contributed by atoms with Crippen LogP contribution >= 0.6 is 0 Å². The molecule has 1 aromatic carbocycles. The first-order valence-electron chi connectivity index (χ1n) is 4.32. The highest BCUT2D eigenvalue weighted by Gasteiger charge is 2.03. The van der Waals surface area contributed by atoms with Gasteiger partial charge in [0.05, 0.1) is 0 Å². The first kappa shape index (κ1) is 10.7. The lowest BCUT2D eigenvalue weighted by Crippen LogP contribution is -2.20. The summed E-state index contributed by atoms with van der Waals surface area (Å²) in [6.07, 6.45) is 0. The number of aryl methyl sites for hydroxylation is 2. The van der Waals surface area contributed by atoms with E-state index in [0.717, 1.165) is 16.8 Å². The Balaban J connectivity index is 2.72. The molecule has 14 heavy (non-hydrogen) atoms. The summed E-state index contributed by atoms with van der Waals surface area (Å²) in [5.41, 5.74) is 2.98. The van der Waals surface area contributed by atoms with Crippen molar-refractivity contribution in [3.8, 4) is 0 Å². The van der Waals surface area contributed by atoms with Crippen LogP contribution in [0.4, 0.5) is 5.69 Å². The van der Waals surface area contributed by atoms with Gasteiger partial charge in [0.1, 0.15) is 6.61 Å². The molecule has 0 saturated heterocycles. The first-order chi connectivity index (χ1) is 6.63. The molecule has 0 radical (unpaired) electrons. The van der Waals surface area contributed by atoms with Crippen molar-refractivity contribution in [2.45, 2.75) is 13.8 Å². The maximum Gasteiger partial charge on any atom is 0.252 e. The van der Waals surface area contributed by atoms with Gasteiger partial charge in [0, 0.05) is 5.69 Å². The molecule has 4 nitrogen and oxygen atoms in total. The van der Waals surface area contributed by atoms with Crippen LogP contribution in [0.25, 0.3) is 0 Å². The fourth-order valence-corrected chi connectivity index (χ4v) is 1.22. The molecule has 0 heterocycles. The van der Waals surface area contributed by atoms with E-state index in [-0.39, 0.29) is 12.5 Å². The van der Waals surface area contributed by atoms with Gasteiger partial charge in [-0.05, 0) is 25.5 Å². The highest BCUT2D eigenvalue weighted by Crippen LogP contribution is 2.15. The van der Waals surface area contributed by atoms with Gasteiger partial charge in [-0.3, -0.25) is 9.63 Å². The van der Waals surface area contributed by atoms with Crippen LogP contribution in [-0.4, -0.2) is 12.5 Å². The van der Waals surface area contributed by atoms with Crippen molar-refractivity contribution in [2.75, 3.05) is 11.9 Å². The van der Waals surface area contributed by atoms with Gasteiger partial charge < -0.3 is 5.32 Å². The second-order valence-electron chi connectivity index (χ2n) is 3.18. The van der Waals surface area contributed by atoms with Crippen LogP contribution in [0.5, 0.6) is 0 Å². The zero-order valence-electron chi connectivity index (χ0n) is 8.33. The highest BCUT2D eigenvalue weighted by atomic mass is 16.6. The van der Waals surface area contributed by atoms with Gasteiger partial charge in [0.25, 0.3) is 5.91 Å². The number of hydrogen-bond donors (Lipinski definition) is 2. The Hall–Kier alpha value is -1.39. The van der Waals surface area contributed by atoms with Crippen LogP contribution in [0.1, 0.15) is 11.1 Å². The van der Waals surface area contributed by atoms with E-state index in [4.69, 9.17) is 5.90 Å². The second-order valence-corrected chi connectivity index (χ2v) is 3.18. The van der Waals surface area contributed by atoms with Gasteiger partial charge in [-0.2, -0.15) is 0 Å². The van der Waals surface area contributed by atoms with Crippen molar-refractivity contribution in [1.29, 1.82) is 0 Å². The number of rotatable bonds is 3. The summed E-state index contributed by atoms with van der Waals surface area (Å²) in [6.45, 7) is 3.81. The normalized spacial score (nSPS) is 9.93. The fraction of sp³-hybridized carbons (Fsp3) is 0.300. The first-order valence-corrected chi connectivity index (χ1v) is 4.32. The standard InChI is InChI=1S/C10H14N2O2/c1-7-3-4-9(8(2)5-7)12-10(13)6-14-11/h3-5H,6,11H2,1-2H3,(H,12,13). The number of anilines is 1. The van der Waals surface area contributed by atoms with Crippen LogP contribution in [0.2, 0.25) is 0 Å². The zero-order valence-corrected chi connectivity index (χ0v) is 8.33. The van der Waals surface area contributed by atoms with E-state index in [0.29, 0.717) is 0 Å². The number of hydrogen-bond acceptors (Lipinski definition) is 3. The molecule has 0 saturated carbocycles. The lowest BCUT2D eigenvalue weighted by molar-refractivity contribution is -0.120. The Labute approximate surface area is 83.0 Å². The summed E-state index contributed by atoms with van der Waals surface area (Å²) in [5.74, 6) is 4.53. The molecule has 1 amide bonds. The quantitative estimate of drug-likeness (QED) is 0.709. The van der Waals surface area contributed by atoms with Gasteiger partial charge in [0.2, 0.25) is 0 Å². The largest absolute Gasteiger partial charge is 0.324 e. The molecule has 0 aliphatic rings. The molecule has 0 spiro atoms. The lowest BCUT2D eigenvalue weighted by atomic mass is 10.1. The molecule has 1 aromatic rings. The molecule has 0 aliphatic heterocycles. The topological polar surface area (TPSA) is 64.3 Å². The Kier molecular flexibility index (Phi) is 3.62. The lowest BCUT2D eigenvalue weighted by Gasteiger charge is -2.07. The number of nitrogens with one attached hydrogen (secondary N) is 1. The van der Waals surface area contributed by atoms with Gasteiger partial charge >= 0.3 is 0 Å². The van der Waals surface area contributed by atoms with Crippen molar-refractivity contribution in [3.05, 3.63) is 29.3 Å². The summed E-state index contributed by atoms with van der Waals surface area (Å²) in [4.78, 5) is 15.4. The number of carbonyl (C=O) groups is 1. The van der Waals surface area contributed by atoms with E-state index in [1.165, 1.54) is 0 Å². The van der Waals surface area contributed by atoms with Crippen LogP contribution < -0.4 is 11.2 Å². The molecule has 3 N–H and O–H groups in total. The predicted octanol–water partition coefficient (Wildman–Crippen LogP) is 1.13. The highest BCUT2D eigenvalue weighted by molar-refractivity contribution is 5.92. The molecule has 0 fully saturated rings. The Bertz CT molecular complexity index is 337. The molecule has 76 valence electrons. The summed E-state index contributed by atoms with van der Waals surface area (Å²) < 4.78 is 0. The second kappa shape index (κ2) is 4.74. The maximum absolute atomic E-state index is 11.1. The Morgan fingerprint density at radius 1 is 1.50 bits per heavy atom. The number of amides is 1. The SMILES string of the molecule is Cc1ccc(NC(=O)CON)c(C)c1. The number of carbonyl (C=O) groups excluding carboxylic acids is 1. The third kappa shape index (κ3) is 2.83. The summed E-state index contributed by atoms with van der Waals surface area (Å²) in [6, 6.07) is 5.80. The van der Waals surface area contributed by atoms with Crippen LogP contribution in [0.3, 0.4) is 0 Å². The van der Waals surface area contributed by atoms with E-state index < -0.39 is 0 Å². The van der Waals surface area contributed by atoms with Gasteiger partial charge in [-0.1, -0.05) is 17.7 Å². The average molecular weight is 194 g/mol.